The van der Waals surface area contributed by atoms with Gasteiger partial charge in [0.25, 0.3) is 0 Å². The van der Waals surface area contributed by atoms with Crippen molar-refractivity contribution in [3.63, 3.8) is 0 Å². The molecule has 7 nitrogen and oxygen atoms in total. The molecule has 0 fully saturated rings. The van der Waals surface area contributed by atoms with Crippen LogP contribution >= 0.6 is 27.5 Å². The zero-order valence-corrected chi connectivity index (χ0v) is 15.1. The largest absolute Gasteiger partial charge is 0.479 e. The molecule has 0 saturated heterocycles. The van der Waals surface area contributed by atoms with Crippen molar-refractivity contribution in [2.24, 2.45) is 5.18 Å². The Labute approximate surface area is 151 Å². The van der Waals surface area contributed by atoms with E-state index in [1.807, 2.05) is 0 Å². The Hall–Kier alpha value is -2.19. The first-order chi connectivity index (χ1) is 11.5. The number of esters is 1. The van der Waals surface area contributed by atoms with E-state index < -0.39 is 5.97 Å². The Morgan fingerprint density at radius 3 is 2.71 bits per heavy atom. The number of hydrogen-bond donors (Lipinski definition) is 0. The molecule has 0 amide bonds. The molecule has 0 saturated carbocycles. The van der Waals surface area contributed by atoms with Gasteiger partial charge in [-0.05, 0) is 30.3 Å². The van der Waals surface area contributed by atoms with Crippen molar-refractivity contribution in [2.75, 3.05) is 13.7 Å². The van der Waals surface area contributed by atoms with Crippen LogP contribution in [0, 0.1) is 4.91 Å². The summed E-state index contributed by atoms with van der Waals surface area (Å²) in [6, 6.07) is 4.79. The van der Waals surface area contributed by atoms with Crippen LogP contribution in [0.15, 0.2) is 34.0 Å². The smallest absolute Gasteiger partial charge is 0.343 e. The van der Waals surface area contributed by atoms with E-state index in [1.54, 1.807) is 19.1 Å². The van der Waals surface area contributed by atoms with Gasteiger partial charge in [-0.15, -0.1) is 4.91 Å². The third-order valence-electron chi connectivity index (χ3n) is 2.81. The highest BCUT2D eigenvalue weighted by Crippen LogP contribution is 2.41. The molecular formula is C15H12BrClN2O5. The molecule has 0 radical (unpaired) electrons. The Morgan fingerprint density at radius 1 is 1.38 bits per heavy atom. The molecular weight excluding hydrogens is 404 g/mol. The van der Waals surface area contributed by atoms with E-state index in [0.717, 1.165) is 0 Å². The summed E-state index contributed by atoms with van der Waals surface area (Å²) in [4.78, 5) is 27.2. The molecule has 1 heterocycles. The SMILES string of the molecule is CCOC(=O)c1cnc(OC)c(N=O)c1Oc1cc(Cl)cc(Br)c1. The maximum atomic E-state index is 12.1. The van der Waals surface area contributed by atoms with Gasteiger partial charge in [0, 0.05) is 15.7 Å². The van der Waals surface area contributed by atoms with Gasteiger partial charge in [-0.3, -0.25) is 0 Å². The molecule has 0 N–H and O–H groups in total. The fourth-order valence-corrected chi connectivity index (χ4v) is 2.69. The van der Waals surface area contributed by atoms with Crippen LogP contribution in [0.2, 0.25) is 5.02 Å². The highest BCUT2D eigenvalue weighted by Gasteiger charge is 2.24. The van der Waals surface area contributed by atoms with Gasteiger partial charge < -0.3 is 14.2 Å². The van der Waals surface area contributed by atoms with Crippen LogP contribution in [0.4, 0.5) is 5.69 Å². The first-order valence-corrected chi connectivity index (χ1v) is 7.88. The Kier molecular flexibility index (Phi) is 6.10. The molecule has 0 atom stereocenters. The first-order valence-electron chi connectivity index (χ1n) is 6.71. The van der Waals surface area contributed by atoms with Crippen LogP contribution in [-0.2, 0) is 4.74 Å². The molecule has 1 aromatic heterocycles. The van der Waals surface area contributed by atoms with Crippen molar-refractivity contribution in [1.29, 1.82) is 0 Å². The van der Waals surface area contributed by atoms with Crippen molar-refractivity contribution in [1.82, 2.24) is 4.98 Å². The minimum Gasteiger partial charge on any atom is -0.479 e. The fraction of sp³-hybridized carbons (Fsp3) is 0.200. The summed E-state index contributed by atoms with van der Waals surface area (Å²) in [5.74, 6) is -0.606. The number of aromatic nitrogens is 1. The lowest BCUT2D eigenvalue weighted by molar-refractivity contribution is 0.0523. The van der Waals surface area contributed by atoms with E-state index in [1.165, 1.54) is 19.4 Å². The van der Waals surface area contributed by atoms with Crippen molar-refractivity contribution in [3.05, 3.63) is 44.4 Å². The zero-order valence-electron chi connectivity index (χ0n) is 12.7. The van der Waals surface area contributed by atoms with E-state index in [0.29, 0.717) is 9.50 Å². The number of ether oxygens (including phenoxy) is 3. The molecule has 0 bridgehead atoms. The first kappa shape index (κ1) is 18.2. The third kappa shape index (κ3) is 4.01. The van der Waals surface area contributed by atoms with Crippen LogP contribution in [0.1, 0.15) is 17.3 Å². The Bertz CT molecular complexity index is 764. The van der Waals surface area contributed by atoms with Gasteiger partial charge in [-0.1, -0.05) is 27.5 Å². The number of methoxy groups -OCH3 is 1. The lowest BCUT2D eigenvalue weighted by atomic mass is 10.2. The van der Waals surface area contributed by atoms with E-state index in [2.05, 4.69) is 26.1 Å². The van der Waals surface area contributed by atoms with Crippen molar-refractivity contribution >= 4 is 39.2 Å². The van der Waals surface area contributed by atoms with Gasteiger partial charge in [0.15, 0.2) is 5.75 Å². The van der Waals surface area contributed by atoms with Crippen LogP contribution < -0.4 is 9.47 Å². The van der Waals surface area contributed by atoms with Crippen molar-refractivity contribution in [2.45, 2.75) is 6.92 Å². The molecule has 24 heavy (non-hydrogen) atoms. The maximum absolute atomic E-state index is 12.1. The molecule has 1 aromatic carbocycles. The van der Waals surface area contributed by atoms with E-state index in [9.17, 15) is 9.70 Å². The second-order valence-corrected chi connectivity index (χ2v) is 5.73. The molecule has 0 aliphatic carbocycles. The molecule has 126 valence electrons. The van der Waals surface area contributed by atoms with Gasteiger partial charge in [-0.25, -0.2) is 9.78 Å². The van der Waals surface area contributed by atoms with Gasteiger partial charge in [0.05, 0.1) is 13.7 Å². The summed E-state index contributed by atoms with van der Waals surface area (Å²) in [5.41, 5.74) is -0.303. The molecule has 0 aliphatic rings. The molecule has 2 aromatic rings. The summed E-state index contributed by atoms with van der Waals surface area (Å²) >= 11 is 9.26. The average molecular weight is 416 g/mol. The predicted octanol–water partition coefficient (Wildman–Crippen LogP) is 4.87. The Morgan fingerprint density at radius 2 is 2.12 bits per heavy atom. The number of pyridine rings is 1. The lowest BCUT2D eigenvalue weighted by Gasteiger charge is -2.13. The number of benzene rings is 1. The maximum Gasteiger partial charge on any atom is 0.343 e. The van der Waals surface area contributed by atoms with Gasteiger partial charge in [0.2, 0.25) is 11.6 Å². The molecule has 0 spiro atoms. The number of halogens is 2. The summed E-state index contributed by atoms with van der Waals surface area (Å²) in [7, 11) is 1.32. The number of hydrogen-bond acceptors (Lipinski definition) is 7. The monoisotopic (exact) mass is 414 g/mol. The Balaban J connectivity index is 2.58. The third-order valence-corrected chi connectivity index (χ3v) is 3.49. The van der Waals surface area contributed by atoms with Gasteiger partial charge in [0.1, 0.15) is 11.3 Å². The number of nitrogens with zero attached hydrogens (tertiary/aromatic N) is 2. The average Bonchev–Trinajstić information content (AvgIpc) is 2.53. The van der Waals surface area contributed by atoms with Crippen LogP contribution in [0.25, 0.3) is 0 Å². The second-order valence-electron chi connectivity index (χ2n) is 4.38. The minimum atomic E-state index is -0.700. The lowest BCUT2D eigenvalue weighted by Crippen LogP contribution is -2.08. The number of carbonyl (C=O) groups is 1. The number of carbonyl (C=O) groups excluding carboxylic acids is 1. The summed E-state index contributed by atoms with van der Waals surface area (Å²) in [5, 5.41) is 3.27. The van der Waals surface area contributed by atoms with E-state index >= 15 is 0 Å². The normalized spacial score (nSPS) is 10.2. The molecule has 0 unspecified atom stereocenters. The zero-order chi connectivity index (χ0) is 17.7. The predicted molar refractivity (Wildman–Crippen MR) is 91.4 cm³/mol. The number of rotatable bonds is 6. The van der Waals surface area contributed by atoms with Crippen molar-refractivity contribution < 1.29 is 19.0 Å². The number of nitroso groups, excluding NO2 is 1. The summed E-state index contributed by atoms with van der Waals surface area (Å²) in [6.45, 7) is 1.80. The molecule has 2 rings (SSSR count). The highest BCUT2D eigenvalue weighted by atomic mass is 79.9. The van der Waals surface area contributed by atoms with Crippen molar-refractivity contribution in [3.8, 4) is 17.4 Å². The fourth-order valence-electron chi connectivity index (χ4n) is 1.86. The quantitative estimate of drug-likeness (QED) is 0.494. The minimum absolute atomic E-state index is 0.0525. The molecule has 0 aliphatic heterocycles. The van der Waals surface area contributed by atoms with Gasteiger partial charge in [-0.2, -0.15) is 0 Å². The standard InChI is InChI=1S/C15H12BrClN2O5/c1-3-23-15(20)11-7-18-14(22-2)12(19-21)13(11)24-10-5-8(16)4-9(17)6-10/h4-7H,3H2,1-2H3. The van der Waals surface area contributed by atoms with Crippen LogP contribution in [-0.4, -0.2) is 24.7 Å². The second kappa shape index (κ2) is 8.07. The topological polar surface area (TPSA) is 87.1 Å². The van der Waals surface area contributed by atoms with Crippen LogP contribution in [0.5, 0.6) is 17.4 Å². The molecule has 9 heteroatoms. The summed E-state index contributed by atoms with van der Waals surface area (Å²) in [6.07, 6.45) is 1.19. The van der Waals surface area contributed by atoms with E-state index in [4.69, 9.17) is 25.8 Å². The van der Waals surface area contributed by atoms with E-state index in [-0.39, 0.29) is 35.2 Å². The van der Waals surface area contributed by atoms with Crippen LogP contribution in [0.3, 0.4) is 0 Å². The highest BCUT2D eigenvalue weighted by molar-refractivity contribution is 9.10. The summed E-state index contributed by atoms with van der Waals surface area (Å²) < 4.78 is 16.3. The van der Waals surface area contributed by atoms with Gasteiger partial charge >= 0.3 is 5.97 Å².